The van der Waals surface area contributed by atoms with Gasteiger partial charge >= 0.3 is 6.03 Å². The number of hydrogen-bond acceptors (Lipinski definition) is 8. The van der Waals surface area contributed by atoms with Crippen LogP contribution in [0.4, 0.5) is 22.1 Å². The summed E-state index contributed by atoms with van der Waals surface area (Å²) in [7, 11) is 0. The third-order valence-corrected chi connectivity index (χ3v) is 5.32. The fourth-order valence-electron chi connectivity index (χ4n) is 3.58. The molecule has 178 valence electrons. The van der Waals surface area contributed by atoms with Gasteiger partial charge in [0.1, 0.15) is 0 Å². The Bertz CT molecular complexity index is 1340. The van der Waals surface area contributed by atoms with Crippen molar-refractivity contribution in [1.82, 2.24) is 25.1 Å². The lowest BCUT2D eigenvalue weighted by Gasteiger charge is -2.16. The van der Waals surface area contributed by atoms with Gasteiger partial charge in [-0.2, -0.15) is 10.1 Å². The molecular weight excluding hydrogens is 450 g/mol. The molecule has 1 aliphatic rings. The van der Waals surface area contributed by atoms with Crippen molar-refractivity contribution in [3.8, 4) is 17.3 Å². The van der Waals surface area contributed by atoms with Gasteiger partial charge in [-0.05, 0) is 24.6 Å². The first-order valence-electron chi connectivity index (χ1n) is 10.9. The smallest absolute Gasteiger partial charge is 0.319 e. The number of carbonyl (C=O) groups excluding carboxylic acids is 1. The maximum Gasteiger partial charge on any atom is 0.319 e. The van der Waals surface area contributed by atoms with E-state index in [0.29, 0.717) is 29.0 Å². The van der Waals surface area contributed by atoms with Crippen LogP contribution in [0.1, 0.15) is 17.2 Å². The summed E-state index contributed by atoms with van der Waals surface area (Å²) in [5, 5.41) is 22.6. The van der Waals surface area contributed by atoms with Crippen LogP contribution in [-0.2, 0) is 0 Å². The van der Waals surface area contributed by atoms with Crippen LogP contribution in [0.25, 0.3) is 5.82 Å². The molecule has 0 spiro atoms. The Morgan fingerprint density at radius 1 is 1.11 bits per heavy atom. The largest absolute Gasteiger partial charge is 0.454 e. The molecule has 4 aromatic rings. The Labute approximate surface area is 200 Å². The number of aromatic nitrogens is 4. The Morgan fingerprint density at radius 3 is 2.77 bits per heavy atom. The Morgan fingerprint density at radius 2 is 1.94 bits per heavy atom. The standard InChI is InChI=1S/C24H23N7O4/c1-15-10-25-23(27-17-7-8-20-21(9-17)35-14-34-20)30-22(15)31-12-18(11-26-31)28-24(33)29-19(13-32)16-5-3-2-4-6-16/h2-12,19,32H,13-14H2,1H3,(H,25,27,30)(H2,28,29,33)/t19-/m1/s1. The molecule has 0 saturated carbocycles. The summed E-state index contributed by atoms with van der Waals surface area (Å²) in [5.74, 6) is 2.27. The highest BCUT2D eigenvalue weighted by molar-refractivity contribution is 5.89. The second-order valence-electron chi connectivity index (χ2n) is 7.81. The number of nitrogens with one attached hydrogen (secondary N) is 3. The third kappa shape index (κ3) is 4.99. The monoisotopic (exact) mass is 473 g/mol. The summed E-state index contributed by atoms with van der Waals surface area (Å²) in [5.41, 5.74) is 2.82. The first-order valence-corrected chi connectivity index (χ1v) is 10.9. The van der Waals surface area contributed by atoms with Gasteiger partial charge in [0.25, 0.3) is 0 Å². The lowest BCUT2D eigenvalue weighted by molar-refractivity contribution is 0.174. The van der Waals surface area contributed by atoms with E-state index >= 15 is 0 Å². The molecule has 2 aromatic heterocycles. The summed E-state index contributed by atoms with van der Waals surface area (Å²) in [4.78, 5) is 21.4. The van der Waals surface area contributed by atoms with Crippen LogP contribution < -0.4 is 25.4 Å². The lowest BCUT2D eigenvalue weighted by atomic mass is 10.1. The maximum absolute atomic E-state index is 12.5. The Balaban J connectivity index is 1.27. The number of anilines is 3. The number of aliphatic hydroxyl groups excluding tert-OH is 1. The van der Waals surface area contributed by atoms with Gasteiger partial charge in [0.15, 0.2) is 17.3 Å². The normalized spacial score (nSPS) is 12.7. The third-order valence-electron chi connectivity index (χ3n) is 5.32. The molecular formula is C24H23N7O4. The SMILES string of the molecule is Cc1cnc(Nc2ccc3c(c2)OCO3)nc1-n1cc(NC(=O)N[C@H](CO)c2ccccc2)cn1. The van der Waals surface area contributed by atoms with Gasteiger partial charge in [-0.15, -0.1) is 0 Å². The minimum Gasteiger partial charge on any atom is -0.454 e. The van der Waals surface area contributed by atoms with Crippen molar-refractivity contribution in [3.05, 3.63) is 78.2 Å². The topological polar surface area (TPSA) is 135 Å². The summed E-state index contributed by atoms with van der Waals surface area (Å²) < 4.78 is 12.3. The summed E-state index contributed by atoms with van der Waals surface area (Å²) in [6.07, 6.45) is 4.85. The van der Waals surface area contributed by atoms with Gasteiger partial charge in [-0.25, -0.2) is 14.5 Å². The number of carbonyl (C=O) groups is 1. The van der Waals surface area contributed by atoms with Crippen molar-refractivity contribution in [2.45, 2.75) is 13.0 Å². The first-order chi connectivity index (χ1) is 17.1. The van der Waals surface area contributed by atoms with Crippen LogP contribution in [0, 0.1) is 6.92 Å². The molecule has 3 heterocycles. The summed E-state index contributed by atoms with van der Waals surface area (Å²) in [6, 6.07) is 13.7. The van der Waals surface area contributed by atoms with Crippen molar-refractivity contribution in [3.63, 3.8) is 0 Å². The molecule has 5 rings (SSSR count). The zero-order valence-corrected chi connectivity index (χ0v) is 18.8. The van der Waals surface area contributed by atoms with Gasteiger partial charge in [0.05, 0.1) is 30.7 Å². The van der Waals surface area contributed by atoms with Crippen LogP contribution in [0.15, 0.2) is 67.1 Å². The Hall–Kier alpha value is -4.64. The van der Waals surface area contributed by atoms with E-state index in [4.69, 9.17) is 9.47 Å². The molecule has 0 saturated heterocycles. The fraction of sp³-hybridized carbons (Fsp3) is 0.167. The predicted molar refractivity (Wildman–Crippen MR) is 128 cm³/mol. The molecule has 0 aliphatic carbocycles. The van der Waals surface area contributed by atoms with Crippen LogP contribution in [0.2, 0.25) is 0 Å². The van der Waals surface area contributed by atoms with Crippen molar-refractivity contribution in [2.75, 3.05) is 24.0 Å². The molecule has 0 unspecified atom stereocenters. The number of rotatable bonds is 7. The van der Waals surface area contributed by atoms with Crippen molar-refractivity contribution in [2.24, 2.45) is 0 Å². The highest BCUT2D eigenvalue weighted by Gasteiger charge is 2.16. The maximum atomic E-state index is 12.5. The zero-order valence-electron chi connectivity index (χ0n) is 18.8. The van der Waals surface area contributed by atoms with E-state index in [2.05, 4.69) is 31.0 Å². The lowest BCUT2D eigenvalue weighted by Crippen LogP contribution is -2.34. The number of hydrogen-bond donors (Lipinski definition) is 4. The molecule has 0 radical (unpaired) electrons. The second-order valence-corrected chi connectivity index (χ2v) is 7.81. The van der Waals surface area contributed by atoms with Gasteiger partial charge in [0.2, 0.25) is 12.7 Å². The van der Waals surface area contributed by atoms with Gasteiger partial charge < -0.3 is 30.5 Å². The number of benzene rings is 2. The number of nitrogens with zero attached hydrogens (tertiary/aromatic N) is 4. The molecule has 0 bridgehead atoms. The highest BCUT2D eigenvalue weighted by Crippen LogP contribution is 2.34. The number of fused-ring (bicyclic) bond motifs is 1. The van der Waals surface area contributed by atoms with E-state index in [1.165, 1.54) is 6.20 Å². The number of aliphatic hydroxyl groups is 1. The first kappa shape index (κ1) is 22.2. The highest BCUT2D eigenvalue weighted by atomic mass is 16.7. The van der Waals surface area contributed by atoms with Crippen LogP contribution in [0.3, 0.4) is 0 Å². The van der Waals surface area contributed by atoms with Gasteiger partial charge in [-0.3, -0.25) is 0 Å². The van der Waals surface area contributed by atoms with E-state index in [0.717, 1.165) is 16.8 Å². The van der Waals surface area contributed by atoms with E-state index in [-0.39, 0.29) is 13.4 Å². The molecule has 11 heteroatoms. The minimum absolute atomic E-state index is 0.199. The number of urea groups is 1. The predicted octanol–water partition coefficient (Wildman–Crippen LogP) is 3.30. The summed E-state index contributed by atoms with van der Waals surface area (Å²) in [6.45, 7) is 1.84. The minimum atomic E-state index is -0.528. The zero-order chi connectivity index (χ0) is 24.2. The quantitative estimate of drug-likeness (QED) is 0.321. The van der Waals surface area contributed by atoms with E-state index in [9.17, 15) is 9.90 Å². The fourth-order valence-corrected chi connectivity index (χ4v) is 3.58. The van der Waals surface area contributed by atoms with Gasteiger partial charge in [0, 0.05) is 23.5 Å². The van der Waals surface area contributed by atoms with E-state index < -0.39 is 12.1 Å². The average Bonchev–Trinajstić information content (AvgIpc) is 3.53. The van der Waals surface area contributed by atoms with E-state index in [1.807, 2.05) is 55.5 Å². The molecule has 2 aromatic carbocycles. The van der Waals surface area contributed by atoms with Crippen LogP contribution in [-0.4, -0.2) is 44.3 Å². The van der Waals surface area contributed by atoms with Crippen molar-refractivity contribution < 1.29 is 19.4 Å². The molecule has 11 nitrogen and oxygen atoms in total. The second kappa shape index (κ2) is 9.69. The van der Waals surface area contributed by atoms with Crippen LogP contribution >= 0.6 is 0 Å². The average molecular weight is 473 g/mol. The molecule has 1 aliphatic heterocycles. The van der Waals surface area contributed by atoms with Crippen molar-refractivity contribution in [1.29, 1.82) is 0 Å². The number of aryl methyl sites for hydroxylation is 1. The number of ether oxygens (including phenoxy) is 2. The molecule has 2 amide bonds. The van der Waals surface area contributed by atoms with Crippen LogP contribution in [0.5, 0.6) is 11.5 Å². The van der Waals surface area contributed by atoms with Crippen molar-refractivity contribution >= 4 is 23.4 Å². The molecule has 4 N–H and O–H groups in total. The molecule has 35 heavy (non-hydrogen) atoms. The Kier molecular flexibility index (Phi) is 6.14. The van der Waals surface area contributed by atoms with Gasteiger partial charge in [-0.1, -0.05) is 30.3 Å². The number of amides is 2. The van der Waals surface area contributed by atoms with E-state index in [1.54, 1.807) is 17.1 Å². The molecule has 0 fully saturated rings. The summed E-state index contributed by atoms with van der Waals surface area (Å²) >= 11 is 0. The molecule has 1 atom stereocenters.